The zero-order valence-corrected chi connectivity index (χ0v) is 10.9. The molecule has 2 rings (SSSR count). The van der Waals surface area contributed by atoms with Crippen LogP contribution in [0, 0.1) is 11.8 Å². The van der Waals surface area contributed by atoms with Gasteiger partial charge in [-0.3, -0.25) is 4.79 Å². The van der Waals surface area contributed by atoms with Crippen LogP contribution in [-0.4, -0.2) is 48.8 Å². The summed E-state index contributed by atoms with van der Waals surface area (Å²) in [6, 6.07) is 7.26. The summed E-state index contributed by atoms with van der Waals surface area (Å²) >= 11 is 0. The lowest BCUT2D eigenvalue weighted by Crippen LogP contribution is -2.37. The number of likely N-dealkylation sites (N-methyl/N-ethyl adjacent to an activating group) is 1. The van der Waals surface area contributed by atoms with Crippen LogP contribution in [-0.2, 0) is 4.74 Å². The second kappa shape index (κ2) is 6.37. The summed E-state index contributed by atoms with van der Waals surface area (Å²) in [4.78, 5) is 14.0. The van der Waals surface area contributed by atoms with Crippen LogP contribution >= 0.6 is 0 Å². The van der Waals surface area contributed by atoms with E-state index in [-0.39, 0.29) is 18.6 Å². The van der Waals surface area contributed by atoms with E-state index in [1.807, 2.05) is 0 Å². The molecular weight excluding hydrogens is 242 g/mol. The quantitative estimate of drug-likeness (QED) is 0.803. The highest BCUT2D eigenvalue weighted by Crippen LogP contribution is 2.14. The molecule has 1 saturated heterocycles. The number of aliphatic hydroxyl groups is 1. The Kier molecular flexibility index (Phi) is 4.56. The van der Waals surface area contributed by atoms with Gasteiger partial charge in [0.25, 0.3) is 5.91 Å². The highest BCUT2D eigenvalue weighted by molar-refractivity contribution is 5.94. The molecule has 0 saturated carbocycles. The first-order chi connectivity index (χ1) is 9.22. The number of benzene rings is 1. The lowest BCUT2D eigenvalue weighted by molar-refractivity contribution is 0.0711. The molecule has 100 valence electrons. The molecule has 1 aliphatic rings. The number of hydrogen-bond acceptors (Lipinski definition) is 3. The zero-order chi connectivity index (χ0) is 13.7. The molecule has 1 fully saturated rings. The topological polar surface area (TPSA) is 49.8 Å². The van der Waals surface area contributed by atoms with Gasteiger partial charge in [0.2, 0.25) is 0 Å². The predicted octanol–water partition coefficient (Wildman–Crippen LogP) is 0.891. The van der Waals surface area contributed by atoms with Crippen molar-refractivity contribution in [2.45, 2.75) is 12.5 Å². The fourth-order valence-electron chi connectivity index (χ4n) is 2.03. The molecule has 19 heavy (non-hydrogen) atoms. The average Bonchev–Trinajstić information content (AvgIpc) is 2.98. The van der Waals surface area contributed by atoms with E-state index in [9.17, 15) is 4.79 Å². The first-order valence-electron chi connectivity index (χ1n) is 6.27. The maximum Gasteiger partial charge on any atom is 0.253 e. The second-order valence-electron chi connectivity index (χ2n) is 4.47. The molecule has 1 aromatic rings. The van der Waals surface area contributed by atoms with Crippen LogP contribution in [0.15, 0.2) is 24.3 Å². The number of aliphatic hydroxyl groups excluding tert-OH is 1. The molecule has 4 heteroatoms. The summed E-state index contributed by atoms with van der Waals surface area (Å²) < 4.78 is 5.29. The Morgan fingerprint density at radius 3 is 2.79 bits per heavy atom. The number of carbonyl (C=O) groups is 1. The van der Waals surface area contributed by atoms with Crippen LogP contribution in [0.3, 0.4) is 0 Å². The normalized spacial score (nSPS) is 17.7. The van der Waals surface area contributed by atoms with E-state index in [1.165, 1.54) is 0 Å². The Balaban J connectivity index is 2.06. The summed E-state index contributed by atoms with van der Waals surface area (Å²) in [5.41, 5.74) is 1.43. The van der Waals surface area contributed by atoms with E-state index >= 15 is 0 Å². The van der Waals surface area contributed by atoms with Gasteiger partial charge in [-0.15, -0.1) is 0 Å². The van der Waals surface area contributed by atoms with Gasteiger partial charge in [0.15, 0.2) is 0 Å². The summed E-state index contributed by atoms with van der Waals surface area (Å²) in [5, 5.41) is 8.62. The number of rotatable bonds is 2. The smallest absolute Gasteiger partial charge is 0.253 e. The van der Waals surface area contributed by atoms with Gasteiger partial charge in [-0.05, 0) is 30.7 Å². The van der Waals surface area contributed by atoms with Gasteiger partial charge < -0.3 is 14.7 Å². The zero-order valence-electron chi connectivity index (χ0n) is 10.9. The van der Waals surface area contributed by atoms with E-state index in [2.05, 4.69) is 11.8 Å². The van der Waals surface area contributed by atoms with E-state index < -0.39 is 0 Å². The Morgan fingerprint density at radius 1 is 1.47 bits per heavy atom. The van der Waals surface area contributed by atoms with Gasteiger partial charge in [0.05, 0.1) is 12.6 Å². The Bertz CT molecular complexity index is 492. The number of hydrogen-bond donors (Lipinski definition) is 1. The number of amides is 1. The van der Waals surface area contributed by atoms with Crippen molar-refractivity contribution < 1.29 is 14.6 Å². The third-order valence-electron chi connectivity index (χ3n) is 3.22. The summed E-state index contributed by atoms with van der Waals surface area (Å²) in [6.45, 7) is 1.17. The first-order valence-corrected chi connectivity index (χ1v) is 6.27. The summed E-state index contributed by atoms with van der Waals surface area (Å²) in [6.07, 6.45) is 0.891. The van der Waals surface area contributed by atoms with Gasteiger partial charge in [0, 0.05) is 24.8 Å². The highest BCUT2D eigenvalue weighted by atomic mass is 16.5. The number of ether oxygens (including phenoxy) is 1. The monoisotopic (exact) mass is 259 g/mol. The van der Waals surface area contributed by atoms with Crippen LogP contribution in [0.5, 0.6) is 0 Å². The van der Waals surface area contributed by atoms with Crippen LogP contribution < -0.4 is 0 Å². The number of nitrogens with zero attached hydrogens (tertiary/aromatic N) is 1. The van der Waals surface area contributed by atoms with Crippen molar-refractivity contribution in [2.24, 2.45) is 0 Å². The number of carbonyl (C=O) groups excluding carboxylic acids is 1. The van der Waals surface area contributed by atoms with Crippen molar-refractivity contribution in [3.05, 3.63) is 35.4 Å². The van der Waals surface area contributed by atoms with E-state index in [1.54, 1.807) is 36.2 Å². The molecule has 1 unspecified atom stereocenters. The standard InChI is InChI=1S/C15H17NO3/c1-16(14-8-10-19-11-14)15(18)13-6-4-12(5-7-13)3-2-9-17/h4-7,14,17H,8-11H2,1H3. The Labute approximate surface area is 113 Å². The fourth-order valence-corrected chi connectivity index (χ4v) is 2.03. The van der Waals surface area contributed by atoms with E-state index in [4.69, 9.17) is 9.84 Å². The van der Waals surface area contributed by atoms with Crippen molar-refractivity contribution in [1.29, 1.82) is 0 Å². The van der Waals surface area contributed by atoms with Crippen LogP contribution in [0.2, 0.25) is 0 Å². The molecule has 1 N–H and O–H groups in total. The third kappa shape index (κ3) is 3.34. The molecule has 4 nitrogen and oxygen atoms in total. The van der Waals surface area contributed by atoms with Crippen molar-refractivity contribution in [2.75, 3.05) is 26.9 Å². The van der Waals surface area contributed by atoms with Crippen molar-refractivity contribution in [3.8, 4) is 11.8 Å². The predicted molar refractivity (Wildman–Crippen MR) is 71.7 cm³/mol. The average molecular weight is 259 g/mol. The molecule has 0 aliphatic carbocycles. The minimum absolute atomic E-state index is 0.00262. The minimum atomic E-state index is -0.162. The van der Waals surface area contributed by atoms with Gasteiger partial charge in [-0.2, -0.15) is 0 Å². The highest BCUT2D eigenvalue weighted by Gasteiger charge is 2.24. The molecule has 1 heterocycles. The molecule has 0 bridgehead atoms. The molecule has 1 atom stereocenters. The van der Waals surface area contributed by atoms with Gasteiger partial charge in [-0.1, -0.05) is 11.8 Å². The SMILES string of the molecule is CN(C(=O)c1ccc(C#CCO)cc1)C1CCOC1. The molecule has 0 radical (unpaired) electrons. The maximum absolute atomic E-state index is 12.3. The maximum atomic E-state index is 12.3. The molecule has 0 aromatic heterocycles. The first kappa shape index (κ1) is 13.6. The van der Waals surface area contributed by atoms with Crippen molar-refractivity contribution in [1.82, 2.24) is 4.90 Å². The van der Waals surface area contributed by atoms with E-state index in [0.29, 0.717) is 12.2 Å². The fraction of sp³-hybridized carbons (Fsp3) is 0.400. The summed E-state index contributed by atoms with van der Waals surface area (Å²) in [5.74, 6) is 5.37. The lowest BCUT2D eigenvalue weighted by Gasteiger charge is -2.23. The third-order valence-corrected chi connectivity index (χ3v) is 3.22. The Morgan fingerprint density at radius 2 is 2.21 bits per heavy atom. The van der Waals surface area contributed by atoms with Crippen LogP contribution in [0.1, 0.15) is 22.3 Å². The molecule has 1 amide bonds. The molecular formula is C15H17NO3. The van der Waals surface area contributed by atoms with Crippen molar-refractivity contribution >= 4 is 5.91 Å². The largest absolute Gasteiger partial charge is 0.384 e. The van der Waals surface area contributed by atoms with Gasteiger partial charge in [0.1, 0.15) is 6.61 Å². The second-order valence-corrected chi connectivity index (χ2v) is 4.47. The van der Waals surface area contributed by atoms with Crippen molar-refractivity contribution in [3.63, 3.8) is 0 Å². The Hall–Kier alpha value is -1.83. The van der Waals surface area contributed by atoms with Crippen LogP contribution in [0.4, 0.5) is 0 Å². The molecule has 1 aromatic carbocycles. The van der Waals surface area contributed by atoms with E-state index in [0.717, 1.165) is 18.6 Å². The molecule has 0 spiro atoms. The van der Waals surface area contributed by atoms with Gasteiger partial charge >= 0.3 is 0 Å². The summed E-state index contributed by atoms with van der Waals surface area (Å²) in [7, 11) is 1.81. The minimum Gasteiger partial charge on any atom is -0.384 e. The van der Waals surface area contributed by atoms with Gasteiger partial charge in [-0.25, -0.2) is 0 Å². The lowest BCUT2D eigenvalue weighted by atomic mass is 10.1. The van der Waals surface area contributed by atoms with Crippen LogP contribution in [0.25, 0.3) is 0 Å². The molecule has 1 aliphatic heterocycles.